The van der Waals surface area contributed by atoms with Gasteiger partial charge in [0.1, 0.15) is 6.61 Å². The van der Waals surface area contributed by atoms with E-state index in [-0.39, 0.29) is 18.1 Å². The van der Waals surface area contributed by atoms with Gasteiger partial charge >= 0.3 is 5.97 Å². The summed E-state index contributed by atoms with van der Waals surface area (Å²) in [6.45, 7) is 0.407. The lowest BCUT2D eigenvalue weighted by Crippen LogP contribution is -2.34. The summed E-state index contributed by atoms with van der Waals surface area (Å²) >= 11 is 1.73. The summed E-state index contributed by atoms with van der Waals surface area (Å²) in [5, 5.41) is 5.63. The third-order valence-electron chi connectivity index (χ3n) is 3.49. The summed E-state index contributed by atoms with van der Waals surface area (Å²) in [4.78, 5) is 13.0. The maximum absolute atomic E-state index is 11.7. The van der Waals surface area contributed by atoms with Crippen molar-refractivity contribution in [3.8, 4) is 0 Å². The Hall–Kier alpha value is -1.65. The third kappa shape index (κ3) is 3.26. The van der Waals surface area contributed by atoms with Crippen LogP contribution in [0.2, 0.25) is 0 Å². The quantitative estimate of drug-likeness (QED) is 0.882. The first-order valence-electron chi connectivity index (χ1n) is 6.80. The fourth-order valence-electron chi connectivity index (χ4n) is 2.51. The fourth-order valence-corrected chi connectivity index (χ4v) is 3.29. The monoisotopic (exact) mass is 287 g/mol. The molecule has 104 valence electrons. The van der Waals surface area contributed by atoms with Crippen molar-refractivity contribution in [2.24, 2.45) is 0 Å². The van der Waals surface area contributed by atoms with Crippen molar-refractivity contribution in [2.75, 3.05) is 6.61 Å². The SMILES string of the molecule is O=C1CC(Cc2cccs2)NC(c2ccccc2)CO1. The highest BCUT2D eigenvalue weighted by molar-refractivity contribution is 7.09. The van der Waals surface area contributed by atoms with Crippen LogP contribution in [0.15, 0.2) is 47.8 Å². The van der Waals surface area contributed by atoms with E-state index in [0.717, 1.165) is 6.42 Å². The van der Waals surface area contributed by atoms with E-state index in [1.165, 1.54) is 10.4 Å². The molecule has 3 rings (SSSR count). The van der Waals surface area contributed by atoms with Crippen LogP contribution in [-0.4, -0.2) is 18.6 Å². The summed E-state index contributed by atoms with van der Waals surface area (Å²) < 4.78 is 5.32. The molecular formula is C16H17NO2S. The van der Waals surface area contributed by atoms with Crippen molar-refractivity contribution in [3.05, 3.63) is 58.3 Å². The zero-order chi connectivity index (χ0) is 13.8. The highest BCUT2D eigenvalue weighted by atomic mass is 32.1. The van der Waals surface area contributed by atoms with Crippen LogP contribution in [0.3, 0.4) is 0 Å². The van der Waals surface area contributed by atoms with Crippen LogP contribution in [0.25, 0.3) is 0 Å². The molecule has 0 spiro atoms. The van der Waals surface area contributed by atoms with Crippen LogP contribution in [0, 0.1) is 0 Å². The van der Waals surface area contributed by atoms with Crippen molar-refractivity contribution < 1.29 is 9.53 Å². The minimum absolute atomic E-state index is 0.0765. The minimum atomic E-state index is -0.113. The number of carbonyl (C=O) groups excluding carboxylic acids is 1. The Morgan fingerprint density at radius 3 is 2.80 bits per heavy atom. The second-order valence-electron chi connectivity index (χ2n) is 5.00. The number of carbonyl (C=O) groups is 1. The summed E-state index contributed by atoms with van der Waals surface area (Å²) in [5.74, 6) is -0.113. The number of esters is 1. The number of nitrogens with one attached hydrogen (secondary N) is 1. The van der Waals surface area contributed by atoms with E-state index in [4.69, 9.17) is 4.74 Å². The highest BCUT2D eigenvalue weighted by Gasteiger charge is 2.25. The van der Waals surface area contributed by atoms with E-state index >= 15 is 0 Å². The van der Waals surface area contributed by atoms with Crippen LogP contribution >= 0.6 is 11.3 Å². The van der Waals surface area contributed by atoms with Crippen molar-refractivity contribution in [1.82, 2.24) is 5.32 Å². The molecule has 0 aliphatic carbocycles. The molecule has 0 saturated carbocycles. The van der Waals surface area contributed by atoms with E-state index in [9.17, 15) is 4.79 Å². The number of cyclic esters (lactones) is 1. The molecule has 20 heavy (non-hydrogen) atoms. The molecule has 2 atom stereocenters. The van der Waals surface area contributed by atoms with Crippen molar-refractivity contribution in [1.29, 1.82) is 0 Å². The summed E-state index contributed by atoms with van der Waals surface area (Å²) in [6.07, 6.45) is 1.30. The standard InChI is InChI=1S/C16H17NO2S/c18-16-10-13(9-14-7-4-8-20-14)17-15(11-19-16)12-5-2-1-3-6-12/h1-8,13,15,17H,9-11H2. The Balaban J connectivity index is 1.75. The Kier molecular flexibility index (Phi) is 4.14. The number of hydrogen-bond acceptors (Lipinski definition) is 4. The number of ether oxygens (including phenoxy) is 1. The second kappa shape index (κ2) is 6.20. The van der Waals surface area contributed by atoms with Crippen molar-refractivity contribution in [3.63, 3.8) is 0 Å². The lowest BCUT2D eigenvalue weighted by Gasteiger charge is -2.20. The number of benzene rings is 1. The molecule has 1 saturated heterocycles. The molecule has 1 aromatic heterocycles. The van der Waals surface area contributed by atoms with Gasteiger partial charge in [-0.25, -0.2) is 0 Å². The molecule has 2 heterocycles. The summed E-state index contributed by atoms with van der Waals surface area (Å²) in [5.41, 5.74) is 1.17. The molecule has 0 amide bonds. The maximum Gasteiger partial charge on any atom is 0.307 e. The average molecular weight is 287 g/mol. The molecule has 1 aliphatic heterocycles. The van der Waals surface area contributed by atoms with Gasteiger partial charge in [-0.05, 0) is 23.4 Å². The number of hydrogen-bond donors (Lipinski definition) is 1. The second-order valence-corrected chi connectivity index (χ2v) is 6.03. The minimum Gasteiger partial charge on any atom is -0.464 e. The molecular weight excluding hydrogens is 270 g/mol. The van der Waals surface area contributed by atoms with Crippen LogP contribution in [-0.2, 0) is 16.0 Å². The van der Waals surface area contributed by atoms with Gasteiger partial charge in [0.15, 0.2) is 0 Å². The Morgan fingerprint density at radius 1 is 1.20 bits per heavy atom. The third-order valence-corrected chi connectivity index (χ3v) is 4.39. The first kappa shape index (κ1) is 13.3. The maximum atomic E-state index is 11.7. The molecule has 0 bridgehead atoms. The summed E-state index contributed by atoms with van der Waals surface area (Å²) in [7, 11) is 0. The van der Waals surface area contributed by atoms with Gasteiger partial charge in [-0.2, -0.15) is 0 Å². The van der Waals surface area contributed by atoms with E-state index in [1.54, 1.807) is 11.3 Å². The molecule has 4 heteroatoms. The van der Waals surface area contributed by atoms with E-state index in [2.05, 4.69) is 28.9 Å². The van der Waals surface area contributed by atoms with Gasteiger partial charge in [0.05, 0.1) is 12.5 Å². The number of rotatable bonds is 3. The van der Waals surface area contributed by atoms with Gasteiger partial charge < -0.3 is 10.1 Å². The van der Waals surface area contributed by atoms with E-state index in [0.29, 0.717) is 13.0 Å². The Labute approximate surface area is 122 Å². The molecule has 3 nitrogen and oxygen atoms in total. The lowest BCUT2D eigenvalue weighted by atomic mass is 10.0. The molecule has 0 radical (unpaired) electrons. The van der Waals surface area contributed by atoms with Gasteiger partial charge in [-0.15, -0.1) is 11.3 Å². The number of thiophene rings is 1. The lowest BCUT2D eigenvalue weighted by molar-refractivity contribution is -0.143. The molecule has 1 aromatic carbocycles. The highest BCUT2D eigenvalue weighted by Crippen LogP contribution is 2.21. The van der Waals surface area contributed by atoms with Gasteiger partial charge in [0, 0.05) is 10.9 Å². The Morgan fingerprint density at radius 2 is 2.05 bits per heavy atom. The van der Waals surface area contributed by atoms with Gasteiger partial charge in [0.25, 0.3) is 0 Å². The topological polar surface area (TPSA) is 38.3 Å². The van der Waals surface area contributed by atoms with Gasteiger partial charge in [0.2, 0.25) is 0 Å². The van der Waals surface area contributed by atoms with E-state index < -0.39 is 0 Å². The zero-order valence-corrected chi connectivity index (χ0v) is 11.9. The van der Waals surface area contributed by atoms with Crippen LogP contribution in [0.1, 0.15) is 22.9 Å². The normalized spacial score (nSPS) is 23.1. The first-order valence-corrected chi connectivity index (χ1v) is 7.68. The predicted octanol–water partition coefficient (Wildman–Crippen LogP) is 2.94. The molecule has 1 fully saturated rings. The molecule has 1 aliphatic rings. The van der Waals surface area contributed by atoms with Crippen LogP contribution in [0.4, 0.5) is 0 Å². The Bertz CT molecular complexity index is 553. The predicted molar refractivity (Wildman–Crippen MR) is 79.7 cm³/mol. The van der Waals surface area contributed by atoms with Crippen LogP contribution < -0.4 is 5.32 Å². The fraction of sp³-hybridized carbons (Fsp3) is 0.312. The van der Waals surface area contributed by atoms with E-state index in [1.807, 2.05) is 24.3 Å². The van der Waals surface area contributed by atoms with Crippen LogP contribution in [0.5, 0.6) is 0 Å². The average Bonchev–Trinajstić information content (AvgIpc) is 2.89. The molecule has 2 unspecified atom stereocenters. The first-order chi connectivity index (χ1) is 9.81. The summed E-state index contributed by atoms with van der Waals surface area (Å²) in [6, 6.07) is 14.5. The molecule has 1 N–H and O–H groups in total. The smallest absolute Gasteiger partial charge is 0.307 e. The van der Waals surface area contributed by atoms with Gasteiger partial charge in [-0.3, -0.25) is 4.79 Å². The van der Waals surface area contributed by atoms with Crippen molar-refractivity contribution >= 4 is 17.3 Å². The zero-order valence-electron chi connectivity index (χ0n) is 11.1. The van der Waals surface area contributed by atoms with Gasteiger partial charge in [-0.1, -0.05) is 36.4 Å². The largest absolute Gasteiger partial charge is 0.464 e. The van der Waals surface area contributed by atoms with Crippen molar-refractivity contribution in [2.45, 2.75) is 24.9 Å². The molecule has 2 aromatic rings.